The van der Waals surface area contributed by atoms with Crippen molar-refractivity contribution in [2.75, 3.05) is 0 Å². The van der Waals surface area contributed by atoms with E-state index in [0.717, 1.165) is 94.8 Å². The number of rotatable bonds is 11. The molecule has 0 bridgehead atoms. The summed E-state index contributed by atoms with van der Waals surface area (Å²) < 4.78 is 0. The highest BCUT2D eigenvalue weighted by Crippen LogP contribution is 2.39. The molecule has 1 heterocycles. The minimum Gasteiger partial charge on any atom is -0.228 e. The van der Waals surface area contributed by atoms with Crippen LogP contribution in [-0.2, 0) is 0 Å². The highest BCUT2D eigenvalue weighted by molar-refractivity contribution is 5.87. The van der Waals surface area contributed by atoms with Crippen molar-refractivity contribution >= 4 is 0 Å². The SMILES string of the molecule is c1ccc(-c2ccc(-c3cc(-c4ccc(-c5ccccc5)cc4)cc(-c4nc(-c5cc(-c6ccccc6)cc(-c6ccccc6)c5)cc(-c5cc(-c6ccccc6)cc(-c6ccccc6)c5)n4)c3)cc2)cc1. The maximum absolute atomic E-state index is 5.60. The summed E-state index contributed by atoms with van der Waals surface area (Å²) in [5.41, 5.74) is 22.8. The molecule has 0 spiro atoms. The number of nitrogens with zero attached hydrogens (tertiary/aromatic N) is 2. The van der Waals surface area contributed by atoms with Crippen LogP contribution in [0.4, 0.5) is 0 Å². The van der Waals surface area contributed by atoms with Crippen LogP contribution in [0.25, 0.3) is 123 Å². The molecule has 0 saturated heterocycles. The Morgan fingerprint density at radius 2 is 0.319 bits per heavy atom. The Balaban J connectivity index is 1.09. The van der Waals surface area contributed by atoms with Crippen molar-refractivity contribution in [3.63, 3.8) is 0 Å². The first-order valence-corrected chi connectivity index (χ1v) is 24.5. The van der Waals surface area contributed by atoms with Crippen LogP contribution in [0.5, 0.6) is 0 Å². The van der Waals surface area contributed by atoms with Gasteiger partial charge in [0.1, 0.15) is 0 Å². The second-order valence-electron chi connectivity index (χ2n) is 18.2. The zero-order valence-corrected chi connectivity index (χ0v) is 39.6. The van der Waals surface area contributed by atoms with Crippen molar-refractivity contribution in [2.45, 2.75) is 0 Å². The molecule has 0 amide bonds. The molecule has 12 aromatic rings. The first kappa shape index (κ1) is 43.8. The summed E-state index contributed by atoms with van der Waals surface area (Å²) in [5, 5.41) is 0. The van der Waals surface area contributed by atoms with Gasteiger partial charge < -0.3 is 0 Å². The van der Waals surface area contributed by atoms with Gasteiger partial charge in [-0.2, -0.15) is 0 Å². The largest absolute Gasteiger partial charge is 0.228 e. The molecular formula is C70H48N2. The molecule has 0 N–H and O–H groups in total. The van der Waals surface area contributed by atoms with Gasteiger partial charge in [0.05, 0.1) is 11.4 Å². The molecule has 72 heavy (non-hydrogen) atoms. The van der Waals surface area contributed by atoms with Gasteiger partial charge >= 0.3 is 0 Å². The van der Waals surface area contributed by atoms with Gasteiger partial charge in [0.2, 0.25) is 0 Å². The number of aromatic nitrogens is 2. The van der Waals surface area contributed by atoms with Gasteiger partial charge in [-0.1, -0.05) is 231 Å². The molecule has 0 fully saturated rings. The summed E-state index contributed by atoms with van der Waals surface area (Å²) in [5.74, 6) is 0.644. The summed E-state index contributed by atoms with van der Waals surface area (Å²) in [7, 11) is 0. The summed E-state index contributed by atoms with van der Waals surface area (Å²) >= 11 is 0. The van der Waals surface area contributed by atoms with Crippen LogP contribution in [0.3, 0.4) is 0 Å². The molecule has 11 aromatic carbocycles. The summed E-state index contributed by atoms with van der Waals surface area (Å²) in [6, 6.07) is 104. The van der Waals surface area contributed by atoms with Crippen molar-refractivity contribution in [3.8, 4) is 123 Å². The first-order chi connectivity index (χ1) is 35.6. The van der Waals surface area contributed by atoms with E-state index < -0.39 is 0 Å². The Hall–Kier alpha value is -9.50. The van der Waals surface area contributed by atoms with E-state index in [-0.39, 0.29) is 0 Å². The summed E-state index contributed by atoms with van der Waals surface area (Å²) in [4.78, 5) is 11.2. The standard InChI is InChI=1S/C70H48N2/c1-7-19-49(20-8-1)55-31-35-57(36-32-55)63-41-64(58-37-33-56(34-38-58)50-21-9-2-10-22-50)47-67(46-63)70-71-68(65-42-59(51-23-11-3-12-24-51)39-60(43-65)52-25-13-4-14-26-52)48-69(72-70)66-44-61(53-27-15-5-16-28-53)40-62(45-66)54-29-17-6-18-30-54/h1-48H. The van der Waals surface area contributed by atoms with Crippen molar-refractivity contribution in [2.24, 2.45) is 0 Å². The fraction of sp³-hybridized carbons (Fsp3) is 0. The Morgan fingerprint density at radius 3 is 0.569 bits per heavy atom. The molecule has 12 rings (SSSR count). The third-order valence-corrected chi connectivity index (χ3v) is 13.5. The zero-order chi connectivity index (χ0) is 48.1. The van der Waals surface area contributed by atoms with E-state index in [9.17, 15) is 0 Å². The monoisotopic (exact) mass is 916 g/mol. The van der Waals surface area contributed by atoms with E-state index in [2.05, 4.69) is 291 Å². The molecule has 0 aliphatic rings. The van der Waals surface area contributed by atoms with Crippen molar-refractivity contribution in [1.29, 1.82) is 0 Å². The van der Waals surface area contributed by atoms with E-state index in [1.165, 1.54) is 22.3 Å². The van der Waals surface area contributed by atoms with E-state index in [4.69, 9.17) is 9.97 Å². The lowest BCUT2D eigenvalue weighted by atomic mass is 9.92. The molecule has 0 radical (unpaired) electrons. The number of benzene rings is 11. The van der Waals surface area contributed by atoms with Crippen molar-refractivity contribution < 1.29 is 0 Å². The van der Waals surface area contributed by atoms with Crippen LogP contribution < -0.4 is 0 Å². The van der Waals surface area contributed by atoms with Gasteiger partial charge in [-0.3, -0.25) is 0 Å². The van der Waals surface area contributed by atoms with Gasteiger partial charge in [-0.25, -0.2) is 9.97 Å². The van der Waals surface area contributed by atoms with Gasteiger partial charge in [-0.15, -0.1) is 0 Å². The van der Waals surface area contributed by atoms with E-state index in [1.54, 1.807) is 0 Å². The van der Waals surface area contributed by atoms with Crippen LogP contribution in [0, 0.1) is 0 Å². The van der Waals surface area contributed by atoms with E-state index in [0.29, 0.717) is 5.82 Å². The Labute approximate surface area is 421 Å². The predicted molar refractivity (Wildman–Crippen MR) is 302 cm³/mol. The lowest BCUT2D eigenvalue weighted by Crippen LogP contribution is -1.98. The maximum atomic E-state index is 5.60. The minimum absolute atomic E-state index is 0.644. The fourth-order valence-electron chi connectivity index (χ4n) is 9.67. The number of hydrogen-bond acceptors (Lipinski definition) is 2. The van der Waals surface area contributed by atoms with Crippen molar-refractivity contribution in [1.82, 2.24) is 9.97 Å². The molecule has 0 aliphatic carbocycles. The Morgan fingerprint density at radius 1 is 0.139 bits per heavy atom. The predicted octanol–water partition coefficient (Wildman–Crippen LogP) is 18.8. The summed E-state index contributed by atoms with van der Waals surface area (Å²) in [6.45, 7) is 0. The summed E-state index contributed by atoms with van der Waals surface area (Å²) in [6.07, 6.45) is 0. The average molecular weight is 917 g/mol. The number of hydrogen-bond donors (Lipinski definition) is 0. The van der Waals surface area contributed by atoms with Crippen LogP contribution in [0.2, 0.25) is 0 Å². The van der Waals surface area contributed by atoms with Gasteiger partial charge in [0, 0.05) is 16.7 Å². The lowest BCUT2D eigenvalue weighted by molar-refractivity contribution is 1.18. The lowest BCUT2D eigenvalue weighted by Gasteiger charge is -2.16. The Kier molecular flexibility index (Phi) is 12.1. The molecule has 2 nitrogen and oxygen atoms in total. The molecule has 0 aliphatic heterocycles. The fourth-order valence-corrected chi connectivity index (χ4v) is 9.67. The highest BCUT2D eigenvalue weighted by Gasteiger charge is 2.18. The second kappa shape index (κ2) is 19.8. The van der Waals surface area contributed by atoms with Gasteiger partial charge in [0.15, 0.2) is 5.82 Å². The van der Waals surface area contributed by atoms with Gasteiger partial charge in [0.25, 0.3) is 0 Å². The molecule has 338 valence electrons. The van der Waals surface area contributed by atoms with Gasteiger partial charge in [-0.05, 0) is 150 Å². The van der Waals surface area contributed by atoms with E-state index >= 15 is 0 Å². The topological polar surface area (TPSA) is 25.8 Å². The highest BCUT2D eigenvalue weighted by atomic mass is 14.9. The normalized spacial score (nSPS) is 11.1. The molecule has 2 heteroatoms. The molecule has 0 saturated carbocycles. The van der Waals surface area contributed by atoms with Crippen molar-refractivity contribution in [3.05, 3.63) is 291 Å². The average Bonchev–Trinajstić information content (AvgIpc) is 3.48. The molecule has 0 unspecified atom stereocenters. The van der Waals surface area contributed by atoms with Crippen LogP contribution >= 0.6 is 0 Å². The van der Waals surface area contributed by atoms with Crippen LogP contribution in [0.1, 0.15) is 0 Å². The van der Waals surface area contributed by atoms with E-state index in [1.807, 2.05) is 0 Å². The molecule has 1 aromatic heterocycles. The third kappa shape index (κ3) is 9.46. The first-order valence-electron chi connectivity index (χ1n) is 24.5. The molecule has 0 atom stereocenters. The maximum Gasteiger partial charge on any atom is 0.160 e. The second-order valence-corrected chi connectivity index (χ2v) is 18.2. The molecular weight excluding hydrogens is 869 g/mol. The smallest absolute Gasteiger partial charge is 0.160 e. The quantitative estimate of drug-likeness (QED) is 0.129. The zero-order valence-electron chi connectivity index (χ0n) is 39.6. The minimum atomic E-state index is 0.644. The van der Waals surface area contributed by atoms with Crippen LogP contribution in [0.15, 0.2) is 291 Å². The van der Waals surface area contributed by atoms with Crippen LogP contribution in [-0.4, -0.2) is 9.97 Å². The third-order valence-electron chi connectivity index (χ3n) is 13.5. The Bertz CT molecular complexity index is 3420.